The van der Waals surface area contributed by atoms with Gasteiger partial charge >= 0.3 is 0 Å². The van der Waals surface area contributed by atoms with E-state index in [9.17, 15) is 0 Å². The highest BCUT2D eigenvalue weighted by atomic mass is 16.3. The minimum atomic E-state index is 0.0319. The van der Waals surface area contributed by atoms with E-state index in [1.54, 1.807) is 0 Å². The molecule has 2 nitrogen and oxygen atoms in total. The second kappa shape index (κ2) is 5.43. The van der Waals surface area contributed by atoms with Crippen molar-refractivity contribution in [3.63, 3.8) is 0 Å². The summed E-state index contributed by atoms with van der Waals surface area (Å²) < 4.78 is 8.50. The van der Waals surface area contributed by atoms with Gasteiger partial charge in [0.1, 0.15) is 24.6 Å². The summed E-state index contributed by atoms with van der Waals surface area (Å²) in [5.74, 6) is 2.03. The first kappa shape index (κ1) is 14.8. The van der Waals surface area contributed by atoms with Crippen LogP contribution in [0.5, 0.6) is 0 Å². The van der Waals surface area contributed by atoms with E-state index in [-0.39, 0.29) is 5.41 Å². The standard InChI is InChI=1S/C18H26NO/c1-7-19(8-2)14-9-10-15-13(3)11-17(18(4,5)6)20-16(15)12-14/h9-12H,7-8H2,1-6H3/q+1. The lowest BCUT2D eigenvalue weighted by Gasteiger charge is -2.20. The number of hydrogen-bond acceptors (Lipinski definition) is 1. The molecule has 1 aliphatic heterocycles. The zero-order valence-corrected chi connectivity index (χ0v) is 13.6. The molecule has 0 unspecified atom stereocenters. The number of rotatable bonds is 2. The van der Waals surface area contributed by atoms with Gasteiger partial charge in [0.15, 0.2) is 0 Å². The quantitative estimate of drug-likeness (QED) is 0.759. The fourth-order valence-corrected chi connectivity index (χ4v) is 2.50. The summed E-state index contributed by atoms with van der Waals surface area (Å²) in [5, 5.41) is 1.23. The predicted octanol–water partition coefficient (Wildman–Crippen LogP) is 3.80. The van der Waals surface area contributed by atoms with Gasteiger partial charge in [0.2, 0.25) is 5.36 Å². The van der Waals surface area contributed by atoms with Gasteiger partial charge in [-0.1, -0.05) is 20.8 Å². The van der Waals surface area contributed by atoms with Crippen LogP contribution in [-0.4, -0.2) is 13.1 Å². The molecule has 2 aliphatic rings. The highest BCUT2D eigenvalue weighted by Crippen LogP contribution is 2.31. The van der Waals surface area contributed by atoms with Crippen molar-refractivity contribution in [3.05, 3.63) is 40.9 Å². The summed E-state index contributed by atoms with van der Waals surface area (Å²) in [6.45, 7) is 15.1. The van der Waals surface area contributed by atoms with E-state index in [1.807, 2.05) is 0 Å². The van der Waals surface area contributed by atoms with Crippen LogP contribution >= 0.6 is 0 Å². The van der Waals surface area contributed by atoms with Crippen LogP contribution < -0.4 is 9.93 Å². The van der Waals surface area contributed by atoms with Crippen LogP contribution in [0.4, 0.5) is 0 Å². The monoisotopic (exact) mass is 272 g/mol. The molecule has 0 aromatic rings. The van der Waals surface area contributed by atoms with Crippen molar-refractivity contribution in [1.82, 2.24) is 4.58 Å². The van der Waals surface area contributed by atoms with Crippen LogP contribution in [0.3, 0.4) is 0 Å². The van der Waals surface area contributed by atoms with E-state index >= 15 is 0 Å². The topological polar surface area (TPSA) is 16.1 Å². The highest BCUT2D eigenvalue weighted by Gasteiger charge is 2.20. The summed E-state index contributed by atoms with van der Waals surface area (Å²) >= 11 is 0. The molecule has 2 rings (SSSR count). The fraction of sp³-hybridized carbons (Fsp3) is 0.500. The summed E-state index contributed by atoms with van der Waals surface area (Å²) in [5.41, 5.74) is 2.51. The first-order chi connectivity index (χ1) is 9.36. The van der Waals surface area contributed by atoms with Crippen LogP contribution in [0.1, 0.15) is 45.9 Å². The molecular weight excluding hydrogens is 246 g/mol. The lowest BCUT2D eigenvalue weighted by molar-refractivity contribution is 0.403. The number of hydrogen-bond donors (Lipinski definition) is 0. The summed E-state index contributed by atoms with van der Waals surface area (Å²) in [7, 11) is 0. The molecule has 0 saturated carbocycles. The Balaban J connectivity index is 2.74. The minimum Gasteiger partial charge on any atom is -0.460 e. The van der Waals surface area contributed by atoms with Crippen LogP contribution in [-0.2, 0) is 5.41 Å². The smallest absolute Gasteiger partial charge is 0.203 e. The molecule has 0 bridgehead atoms. The zero-order valence-electron chi connectivity index (χ0n) is 13.6. The van der Waals surface area contributed by atoms with Gasteiger partial charge in [-0.3, -0.25) is 0 Å². The van der Waals surface area contributed by atoms with Gasteiger partial charge in [-0.05, 0) is 38.5 Å². The van der Waals surface area contributed by atoms with Crippen molar-refractivity contribution in [3.8, 4) is 11.3 Å². The fourth-order valence-electron chi connectivity index (χ4n) is 2.50. The van der Waals surface area contributed by atoms with Crippen molar-refractivity contribution in [1.29, 1.82) is 0 Å². The van der Waals surface area contributed by atoms with Crippen molar-refractivity contribution < 1.29 is 4.42 Å². The molecule has 0 aromatic carbocycles. The third kappa shape index (κ3) is 2.79. The molecule has 0 amide bonds. The molecule has 0 radical (unpaired) electrons. The Hall–Kier alpha value is -1.57. The van der Waals surface area contributed by atoms with E-state index in [0.717, 1.165) is 24.6 Å². The van der Waals surface area contributed by atoms with E-state index in [1.165, 1.54) is 16.5 Å². The van der Waals surface area contributed by atoms with E-state index in [0.29, 0.717) is 0 Å². The summed E-state index contributed by atoms with van der Waals surface area (Å²) in [6, 6.07) is 8.70. The maximum atomic E-state index is 6.16. The number of nitrogens with zero attached hydrogens (tertiary/aromatic N) is 1. The summed E-state index contributed by atoms with van der Waals surface area (Å²) in [4.78, 5) is 0. The van der Waals surface area contributed by atoms with Gasteiger partial charge in [-0.2, -0.15) is 0 Å². The molecule has 1 heterocycles. The lowest BCUT2D eigenvalue weighted by Crippen LogP contribution is -2.29. The highest BCUT2D eigenvalue weighted by molar-refractivity contribution is 5.63. The normalized spacial score (nSPS) is 11.9. The minimum absolute atomic E-state index is 0.0319. The molecular formula is C18H26NO+. The van der Waals surface area contributed by atoms with Gasteiger partial charge < -0.3 is 4.42 Å². The number of fused-ring (bicyclic) bond motifs is 1. The predicted molar refractivity (Wildman–Crippen MR) is 85.1 cm³/mol. The molecule has 0 atom stereocenters. The molecule has 2 heteroatoms. The Labute approximate surface area is 122 Å². The third-order valence-electron chi connectivity index (χ3n) is 3.83. The van der Waals surface area contributed by atoms with Gasteiger partial charge in [0.05, 0.1) is 6.07 Å². The Morgan fingerprint density at radius 1 is 1.05 bits per heavy atom. The Morgan fingerprint density at radius 3 is 2.25 bits per heavy atom. The maximum Gasteiger partial charge on any atom is 0.203 e. The summed E-state index contributed by atoms with van der Waals surface area (Å²) in [6.07, 6.45) is 0. The first-order valence-electron chi connectivity index (χ1n) is 7.49. The zero-order chi connectivity index (χ0) is 14.9. The largest absolute Gasteiger partial charge is 0.460 e. The Bertz CT molecular complexity index is 638. The molecule has 20 heavy (non-hydrogen) atoms. The van der Waals surface area contributed by atoms with Crippen LogP contribution in [0.25, 0.3) is 11.3 Å². The first-order valence-corrected chi connectivity index (χ1v) is 7.49. The van der Waals surface area contributed by atoms with Gasteiger partial charge in [-0.25, -0.2) is 4.58 Å². The van der Waals surface area contributed by atoms with Crippen LogP contribution in [0.15, 0.2) is 28.7 Å². The van der Waals surface area contributed by atoms with Crippen LogP contribution in [0.2, 0.25) is 0 Å². The molecule has 0 aromatic heterocycles. The Kier molecular flexibility index (Phi) is 4.03. The van der Waals surface area contributed by atoms with E-state index < -0.39 is 0 Å². The molecule has 1 aliphatic carbocycles. The molecule has 0 fully saturated rings. The van der Waals surface area contributed by atoms with Crippen molar-refractivity contribution in [2.45, 2.75) is 47.0 Å². The van der Waals surface area contributed by atoms with Gasteiger partial charge in [0.25, 0.3) is 0 Å². The lowest BCUT2D eigenvalue weighted by atomic mass is 9.91. The van der Waals surface area contributed by atoms with Crippen LogP contribution in [0, 0.1) is 6.92 Å². The van der Waals surface area contributed by atoms with Gasteiger partial charge in [-0.15, -0.1) is 0 Å². The second-order valence-electron chi connectivity index (χ2n) is 6.40. The second-order valence-corrected chi connectivity index (χ2v) is 6.40. The number of benzene rings is 1. The molecule has 0 spiro atoms. The van der Waals surface area contributed by atoms with Crippen molar-refractivity contribution in [2.24, 2.45) is 0 Å². The molecule has 0 N–H and O–H groups in total. The third-order valence-corrected chi connectivity index (χ3v) is 3.83. The average Bonchev–Trinajstić information content (AvgIpc) is 2.38. The SMILES string of the molecule is CC[N+](CC)=c1ccc2c(C)cc(C(C)(C)C)oc-2c1. The maximum absolute atomic E-state index is 6.16. The van der Waals surface area contributed by atoms with Crippen molar-refractivity contribution >= 4 is 0 Å². The number of aryl methyl sites for hydroxylation is 1. The average molecular weight is 272 g/mol. The molecule has 108 valence electrons. The Morgan fingerprint density at radius 2 is 1.70 bits per heavy atom. The molecule has 0 saturated heterocycles. The van der Waals surface area contributed by atoms with E-state index in [2.05, 4.69) is 70.4 Å². The van der Waals surface area contributed by atoms with Crippen molar-refractivity contribution in [2.75, 3.05) is 13.1 Å². The van der Waals surface area contributed by atoms with Gasteiger partial charge in [0, 0.05) is 17.0 Å². The van der Waals surface area contributed by atoms with E-state index in [4.69, 9.17) is 4.42 Å².